The summed E-state index contributed by atoms with van der Waals surface area (Å²) in [6, 6.07) is 18.3. The third-order valence-electron chi connectivity index (χ3n) is 6.91. The summed E-state index contributed by atoms with van der Waals surface area (Å²) >= 11 is 0. The van der Waals surface area contributed by atoms with Crippen LogP contribution in [0.3, 0.4) is 0 Å². The van der Waals surface area contributed by atoms with E-state index in [-0.39, 0.29) is 10.8 Å². The summed E-state index contributed by atoms with van der Waals surface area (Å²) < 4.78 is 27.2. The highest BCUT2D eigenvalue weighted by molar-refractivity contribution is 7.89. The zero-order valence-corrected chi connectivity index (χ0v) is 21.6. The highest BCUT2D eigenvalue weighted by Crippen LogP contribution is 2.22. The van der Waals surface area contributed by atoms with Crippen LogP contribution in [0.2, 0.25) is 0 Å². The van der Waals surface area contributed by atoms with Crippen LogP contribution in [0.1, 0.15) is 35.2 Å². The number of benzene rings is 2. The molecular formula is C27H32N6O3S. The molecule has 194 valence electrons. The van der Waals surface area contributed by atoms with Gasteiger partial charge in [-0.2, -0.15) is 4.31 Å². The molecule has 0 bridgehead atoms. The number of piperazine rings is 1. The van der Waals surface area contributed by atoms with Crippen LogP contribution in [0.4, 0.5) is 11.6 Å². The fraction of sp³-hybridized carbons (Fsp3) is 0.370. The van der Waals surface area contributed by atoms with Gasteiger partial charge in [0.05, 0.1) is 4.90 Å². The molecule has 0 aliphatic carbocycles. The maximum absolute atomic E-state index is 12.9. The van der Waals surface area contributed by atoms with Crippen molar-refractivity contribution in [3.8, 4) is 0 Å². The molecular weight excluding hydrogens is 488 g/mol. The summed E-state index contributed by atoms with van der Waals surface area (Å²) in [7, 11) is -3.53. The Kier molecular flexibility index (Phi) is 7.78. The first-order valence-corrected chi connectivity index (χ1v) is 14.2. The summed E-state index contributed by atoms with van der Waals surface area (Å²) in [6.07, 6.45) is 4.27. The Balaban J connectivity index is 1.18. The molecule has 0 radical (unpaired) electrons. The Bertz CT molecular complexity index is 1300. The molecule has 9 nitrogen and oxygen atoms in total. The van der Waals surface area contributed by atoms with Crippen LogP contribution in [0.15, 0.2) is 71.9 Å². The van der Waals surface area contributed by atoms with Crippen molar-refractivity contribution in [1.29, 1.82) is 0 Å². The van der Waals surface area contributed by atoms with E-state index >= 15 is 0 Å². The van der Waals surface area contributed by atoms with E-state index in [4.69, 9.17) is 0 Å². The largest absolute Gasteiger partial charge is 0.354 e. The molecule has 2 aliphatic rings. The number of aromatic nitrogens is 2. The number of amides is 1. The number of hydrogen-bond donors (Lipinski definition) is 1. The molecule has 10 heteroatoms. The molecule has 0 atom stereocenters. The van der Waals surface area contributed by atoms with Gasteiger partial charge in [0.1, 0.15) is 18.0 Å². The highest BCUT2D eigenvalue weighted by Gasteiger charge is 2.26. The minimum absolute atomic E-state index is 0.210. The number of rotatable bonds is 7. The zero-order valence-electron chi connectivity index (χ0n) is 20.8. The first-order valence-electron chi connectivity index (χ1n) is 12.7. The number of hydrogen-bond acceptors (Lipinski definition) is 7. The summed E-state index contributed by atoms with van der Waals surface area (Å²) in [4.78, 5) is 26.3. The fourth-order valence-electron chi connectivity index (χ4n) is 4.79. The molecule has 5 rings (SSSR count). The second-order valence-electron chi connectivity index (χ2n) is 9.45. The Morgan fingerprint density at radius 1 is 0.838 bits per heavy atom. The van der Waals surface area contributed by atoms with Gasteiger partial charge in [0.25, 0.3) is 5.91 Å². The monoisotopic (exact) mass is 520 g/mol. The molecule has 0 saturated carbocycles. The van der Waals surface area contributed by atoms with Crippen LogP contribution >= 0.6 is 0 Å². The Hall–Kier alpha value is -3.34. The van der Waals surface area contributed by atoms with Crippen molar-refractivity contribution in [2.24, 2.45) is 0 Å². The quantitative estimate of drug-likeness (QED) is 0.511. The van der Waals surface area contributed by atoms with E-state index in [0.29, 0.717) is 24.5 Å². The molecule has 2 saturated heterocycles. The zero-order chi connectivity index (χ0) is 25.7. The average Bonchev–Trinajstić information content (AvgIpc) is 2.95. The fourth-order valence-corrected chi connectivity index (χ4v) is 6.30. The van der Waals surface area contributed by atoms with Crippen LogP contribution < -0.4 is 10.2 Å². The van der Waals surface area contributed by atoms with Crippen LogP contribution in [0, 0.1) is 0 Å². The minimum Gasteiger partial charge on any atom is -0.354 e. The van der Waals surface area contributed by atoms with Crippen molar-refractivity contribution < 1.29 is 13.2 Å². The van der Waals surface area contributed by atoms with Crippen LogP contribution in [-0.4, -0.2) is 72.8 Å². The third kappa shape index (κ3) is 6.15. The van der Waals surface area contributed by atoms with Gasteiger partial charge in [-0.1, -0.05) is 36.8 Å². The number of sulfonamides is 1. The molecule has 3 heterocycles. The highest BCUT2D eigenvalue weighted by atomic mass is 32.2. The van der Waals surface area contributed by atoms with Crippen LogP contribution in [-0.2, 0) is 16.6 Å². The van der Waals surface area contributed by atoms with Crippen molar-refractivity contribution in [3.63, 3.8) is 0 Å². The van der Waals surface area contributed by atoms with E-state index in [9.17, 15) is 13.2 Å². The predicted octanol–water partition coefficient (Wildman–Crippen LogP) is 3.23. The second kappa shape index (κ2) is 11.4. The van der Waals surface area contributed by atoms with Crippen molar-refractivity contribution >= 4 is 27.6 Å². The Morgan fingerprint density at radius 2 is 1.54 bits per heavy atom. The summed E-state index contributed by atoms with van der Waals surface area (Å²) in [5.74, 6) is 0.832. The van der Waals surface area contributed by atoms with E-state index < -0.39 is 10.0 Å². The lowest BCUT2D eigenvalue weighted by Gasteiger charge is -2.35. The number of nitrogens with one attached hydrogen (secondary N) is 1. The molecule has 0 unspecified atom stereocenters. The molecule has 2 fully saturated rings. The molecule has 1 N–H and O–H groups in total. The first kappa shape index (κ1) is 25.3. The molecule has 37 heavy (non-hydrogen) atoms. The molecule has 3 aromatic rings. The molecule has 1 amide bonds. The SMILES string of the molecule is O=C(Nc1cc(N2CCN(Cc3ccccc3)CC2)ncn1)c1ccc(S(=O)(=O)N2CCCCC2)cc1. The molecule has 1 aromatic heterocycles. The Morgan fingerprint density at radius 3 is 2.24 bits per heavy atom. The summed E-state index contributed by atoms with van der Waals surface area (Å²) in [6.45, 7) is 5.54. The van der Waals surface area contributed by atoms with Crippen molar-refractivity contribution in [3.05, 3.63) is 78.1 Å². The van der Waals surface area contributed by atoms with Crippen molar-refractivity contribution in [1.82, 2.24) is 19.2 Å². The van der Waals surface area contributed by atoms with Gasteiger partial charge in [-0.25, -0.2) is 18.4 Å². The van der Waals surface area contributed by atoms with Crippen molar-refractivity contribution in [2.45, 2.75) is 30.7 Å². The molecule has 2 aliphatic heterocycles. The van der Waals surface area contributed by atoms with E-state index in [1.54, 1.807) is 18.2 Å². The van der Waals surface area contributed by atoms with Gasteiger partial charge in [0, 0.05) is 57.4 Å². The predicted molar refractivity (Wildman–Crippen MR) is 143 cm³/mol. The lowest BCUT2D eigenvalue weighted by Crippen LogP contribution is -2.46. The van der Waals surface area contributed by atoms with Gasteiger partial charge in [-0.05, 0) is 42.7 Å². The lowest BCUT2D eigenvalue weighted by atomic mass is 10.2. The van der Waals surface area contributed by atoms with E-state index in [1.165, 1.54) is 28.3 Å². The number of nitrogens with zero attached hydrogens (tertiary/aromatic N) is 5. The summed E-state index contributed by atoms with van der Waals surface area (Å²) in [5.41, 5.74) is 1.67. The standard InChI is InChI=1S/C27H32N6O3S/c34-27(23-9-11-24(12-10-23)37(35,36)33-13-5-2-6-14-33)30-25-19-26(29-21-28-25)32-17-15-31(16-18-32)20-22-7-3-1-4-8-22/h1,3-4,7-12,19,21H,2,5-6,13-18,20H2,(H,28,29,30,34). The number of anilines is 2. The lowest BCUT2D eigenvalue weighted by molar-refractivity contribution is 0.102. The smallest absolute Gasteiger partial charge is 0.256 e. The van der Waals surface area contributed by atoms with Gasteiger partial charge >= 0.3 is 0 Å². The number of carbonyl (C=O) groups excluding carboxylic acids is 1. The average molecular weight is 521 g/mol. The van der Waals surface area contributed by atoms with Gasteiger partial charge in [-0.3, -0.25) is 9.69 Å². The van der Waals surface area contributed by atoms with Gasteiger partial charge in [0.15, 0.2) is 0 Å². The van der Waals surface area contributed by atoms with Crippen LogP contribution in [0.5, 0.6) is 0 Å². The number of carbonyl (C=O) groups is 1. The second-order valence-corrected chi connectivity index (χ2v) is 11.4. The van der Waals surface area contributed by atoms with Gasteiger partial charge in [0.2, 0.25) is 10.0 Å². The Labute approximate surface area is 218 Å². The van der Waals surface area contributed by atoms with Crippen LogP contribution in [0.25, 0.3) is 0 Å². The van der Waals surface area contributed by atoms with Gasteiger partial charge < -0.3 is 10.2 Å². The van der Waals surface area contributed by atoms with E-state index in [2.05, 4.69) is 49.4 Å². The third-order valence-corrected chi connectivity index (χ3v) is 8.82. The molecule has 2 aromatic carbocycles. The molecule has 0 spiro atoms. The summed E-state index contributed by atoms with van der Waals surface area (Å²) in [5, 5.41) is 2.81. The maximum atomic E-state index is 12.9. The topological polar surface area (TPSA) is 98.7 Å². The van der Waals surface area contributed by atoms with Gasteiger partial charge in [-0.15, -0.1) is 0 Å². The van der Waals surface area contributed by atoms with Crippen molar-refractivity contribution in [2.75, 3.05) is 49.5 Å². The minimum atomic E-state index is -3.53. The van der Waals surface area contributed by atoms with E-state index in [1.807, 2.05) is 6.07 Å². The normalized spacial score (nSPS) is 17.5. The maximum Gasteiger partial charge on any atom is 0.256 e. The first-order chi connectivity index (χ1) is 18.0. The number of piperidine rings is 1. The van der Waals surface area contributed by atoms with E-state index in [0.717, 1.165) is 57.8 Å².